The topological polar surface area (TPSA) is 137 Å². The number of hydrogen-bond donors (Lipinski definition) is 3. The molecule has 3 aromatic heterocycles. The van der Waals surface area contributed by atoms with Crippen LogP contribution in [0, 0.1) is 23.7 Å². The molecule has 0 atom stereocenters. The lowest BCUT2D eigenvalue weighted by Gasteiger charge is -2.26. The monoisotopic (exact) mass is 461 g/mol. The first-order valence-electron chi connectivity index (χ1n) is 10.9. The van der Waals surface area contributed by atoms with Gasteiger partial charge in [0, 0.05) is 51.7 Å². The molecular formula is C23H27N9O2. The maximum Gasteiger partial charge on any atom is 0.223 e. The number of morpholine rings is 1. The second-order valence-corrected chi connectivity index (χ2v) is 7.86. The Morgan fingerprint density at radius 1 is 1.32 bits per heavy atom. The lowest BCUT2D eigenvalue weighted by atomic mass is 10.2. The molecule has 176 valence electrons. The minimum absolute atomic E-state index is 0.323. The molecule has 0 bridgehead atoms. The van der Waals surface area contributed by atoms with E-state index in [-0.39, 0.29) is 0 Å². The fourth-order valence-corrected chi connectivity index (χ4v) is 3.54. The second kappa shape index (κ2) is 10.7. The van der Waals surface area contributed by atoms with Gasteiger partial charge >= 0.3 is 0 Å². The highest BCUT2D eigenvalue weighted by Gasteiger charge is 2.14. The predicted octanol–water partition coefficient (Wildman–Crippen LogP) is 2.16. The van der Waals surface area contributed by atoms with Crippen LogP contribution < -0.4 is 15.4 Å². The van der Waals surface area contributed by atoms with E-state index < -0.39 is 0 Å². The number of nitrogens with zero attached hydrogens (tertiary/aromatic N) is 6. The van der Waals surface area contributed by atoms with E-state index in [0.717, 1.165) is 45.0 Å². The Morgan fingerprint density at radius 3 is 2.88 bits per heavy atom. The number of rotatable bonds is 9. The van der Waals surface area contributed by atoms with Gasteiger partial charge in [0.1, 0.15) is 17.3 Å². The number of allylic oxidation sites excluding steroid dienone is 1. The fourth-order valence-electron chi connectivity index (χ4n) is 3.54. The van der Waals surface area contributed by atoms with Crippen LogP contribution in [-0.2, 0) is 11.8 Å². The van der Waals surface area contributed by atoms with Crippen LogP contribution in [-0.4, -0.2) is 70.0 Å². The van der Waals surface area contributed by atoms with Crippen molar-refractivity contribution < 1.29 is 9.47 Å². The second-order valence-electron chi connectivity index (χ2n) is 7.86. The Kier molecular flexibility index (Phi) is 7.31. The van der Waals surface area contributed by atoms with Crippen LogP contribution >= 0.6 is 0 Å². The molecule has 0 amide bonds. The van der Waals surface area contributed by atoms with Crippen LogP contribution in [0.3, 0.4) is 0 Å². The molecule has 0 saturated carbocycles. The molecule has 0 spiro atoms. The minimum atomic E-state index is 0.323. The number of fused-ring (bicyclic) bond motifs is 1. The summed E-state index contributed by atoms with van der Waals surface area (Å²) in [6, 6.07) is 5.41. The van der Waals surface area contributed by atoms with E-state index >= 15 is 0 Å². The standard InChI is InChI=1S/C23H27N9O2/c1-16-9-17(11-24)27-14-20(16)34-21-10-19(22-23(30-21)31(2)15-28-22)29-18(12-25)13-26-3-4-32-5-7-33-8-6-32/h9-10,12-15,25-26H,3-8H2,1-2H3,(H,29,30)/b18-13+,25-12?. The van der Waals surface area contributed by atoms with Crippen molar-refractivity contribution in [3.8, 4) is 17.7 Å². The highest BCUT2D eigenvalue weighted by Crippen LogP contribution is 2.30. The van der Waals surface area contributed by atoms with Crippen LogP contribution in [0.4, 0.5) is 5.69 Å². The van der Waals surface area contributed by atoms with E-state index in [1.165, 1.54) is 12.4 Å². The molecule has 4 rings (SSSR count). The highest BCUT2D eigenvalue weighted by molar-refractivity contribution is 5.91. The van der Waals surface area contributed by atoms with Gasteiger partial charge in [-0.1, -0.05) is 0 Å². The van der Waals surface area contributed by atoms with E-state index in [2.05, 4.69) is 30.5 Å². The zero-order valence-electron chi connectivity index (χ0n) is 19.2. The molecule has 1 aliphatic heterocycles. The van der Waals surface area contributed by atoms with Crippen LogP contribution in [0.2, 0.25) is 0 Å². The third kappa shape index (κ3) is 5.48. The van der Waals surface area contributed by atoms with Gasteiger partial charge in [0.05, 0.1) is 37.1 Å². The number of aromatic nitrogens is 4. The van der Waals surface area contributed by atoms with E-state index in [9.17, 15) is 0 Å². The summed E-state index contributed by atoms with van der Waals surface area (Å²) in [6.07, 6.45) is 6.21. The third-order valence-electron chi connectivity index (χ3n) is 5.40. The van der Waals surface area contributed by atoms with Gasteiger partial charge in [-0.15, -0.1) is 0 Å². The zero-order valence-corrected chi connectivity index (χ0v) is 19.2. The number of pyridine rings is 2. The molecule has 34 heavy (non-hydrogen) atoms. The van der Waals surface area contributed by atoms with Gasteiger partial charge in [0.25, 0.3) is 0 Å². The third-order valence-corrected chi connectivity index (χ3v) is 5.40. The normalized spacial score (nSPS) is 14.6. The molecule has 0 unspecified atom stereocenters. The molecule has 0 radical (unpaired) electrons. The van der Waals surface area contributed by atoms with Crippen LogP contribution in [0.15, 0.2) is 36.6 Å². The van der Waals surface area contributed by atoms with Crippen molar-refractivity contribution in [1.29, 1.82) is 10.7 Å². The number of ether oxygens (including phenoxy) is 2. The lowest BCUT2D eigenvalue weighted by molar-refractivity contribution is 0.0388. The largest absolute Gasteiger partial charge is 0.437 e. The summed E-state index contributed by atoms with van der Waals surface area (Å²) in [5.41, 5.74) is 3.61. The van der Waals surface area contributed by atoms with Crippen molar-refractivity contribution in [1.82, 2.24) is 29.7 Å². The molecule has 1 aliphatic rings. The molecule has 0 aromatic carbocycles. The number of aryl methyl sites for hydroxylation is 2. The Morgan fingerprint density at radius 2 is 2.15 bits per heavy atom. The summed E-state index contributed by atoms with van der Waals surface area (Å²) >= 11 is 0. The summed E-state index contributed by atoms with van der Waals surface area (Å²) in [6.45, 7) is 6.92. The van der Waals surface area contributed by atoms with Crippen molar-refractivity contribution in [2.75, 3.05) is 44.7 Å². The summed E-state index contributed by atoms with van der Waals surface area (Å²) in [5, 5.41) is 23.4. The maximum atomic E-state index is 9.04. The maximum absolute atomic E-state index is 9.04. The average Bonchev–Trinajstić information content (AvgIpc) is 3.23. The van der Waals surface area contributed by atoms with Gasteiger partial charge in [0.15, 0.2) is 11.4 Å². The van der Waals surface area contributed by atoms with E-state index in [1.54, 1.807) is 29.2 Å². The number of anilines is 1. The molecule has 4 heterocycles. The SMILES string of the molecule is Cc1cc(C#N)ncc1Oc1cc(N/C(C=N)=C/NCCN2CCOCC2)c2ncn(C)c2n1. The molecule has 3 N–H and O–H groups in total. The summed E-state index contributed by atoms with van der Waals surface area (Å²) in [5.74, 6) is 0.851. The lowest BCUT2D eigenvalue weighted by Crippen LogP contribution is -2.39. The van der Waals surface area contributed by atoms with Crippen molar-refractivity contribution >= 4 is 23.1 Å². The van der Waals surface area contributed by atoms with Crippen LogP contribution in [0.25, 0.3) is 11.2 Å². The van der Waals surface area contributed by atoms with Gasteiger partial charge in [0.2, 0.25) is 5.88 Å². The highest BCUT2D eigenvalue weighted by atomic mass is 16.5. The van der Waals surface area contributed by atoms with E-state index in [0.29, 0.717) is 39.9 Å². The van der Waals surface area contributed by atoms with Gasteiger partial charge in [-0.25, -0.2) is 9.97 Å². The molecule has 0 aliphatic carbocycles. The van der Waals surface area contributed by atoms with Gasteiger partial charge < -0.3 is 30.1 Å². The first kappa shape index (κ1) is 23.2. The Labute approximate surface area is 197 Å². The van der Waals surface area contributed by atoms with E-state index in [1.807, 2.05) is 20.0 Å². The number of nitrogens with one attached hydrogen (secondary N) is 3. The summed E-state index contributed by atoms with van der Waals surface area (Å²) < 4.78 is 13.2. The van der Waals surface area contributed by atoms with Gasteiger partial charge in [-0.3, -0.25) is 4.90 Å². The Balaban J connectivity index is 1.51. The molecule has 1 fully saturated rings. The Hall–Kier alpha value is -4.01. The van der Waals surface area contributed by atoms with Crippen LogP contribution in [0.5, 0.6) is 11.6 Å². The number of nitriles is 1. The quantitative estimate of drug-likeness (QED) is 0.323. The van der Waals surface area contributed by atoms with Gasteiger partial charge in [-0.2, -0.15) is 10.2 Å². The van der Waals surface area contributed by atoms with Gasteiger partial charge in [-0.05, 0) is 18.6 Å². The molecule has 11 heteroatoms. The number of hydrogen-bond acceptors (Lipinski definition) is 10. The first-order chi connectivity index (χ1) is 16.6. The van der Waals surface area contributed by atoms with Crippen molar-refractivity contribution in [3.63, 3.8) is 0 Å². The van der Waals surface area contributed by atoms with Crippen molar-refractivity contribution in [3.05, 3.63) is 47.8 Å². The van der Waals surface area contributed by atoms with E-state index in [4.69, 9.17) is 20.1 Å². The summed E-state index contributed by atoms with van der Waals surface area (Å²) in [4.78, 5) is 15.4. The van der Waals surface area contributed by atoms with Crippen LogP contribution in [0.1, 0.15) is 11.3 Å². The molecule has 3 aromatic rings. The van der Waals surface area contributed by atoms with Crippen molar-refractivity contribution in [2.45, 2.75) is 6.92 Å². The fraction of sp³-hybridized carbons (Fsp3) is 0.348. The van der Waals surface area contributed by atoms with Crippen molar-refractivity contribution in [2.24, 2.45) is 7.05 Å². The number of imidazole rings is 1. The smallest absolute Gasteiger partial charge is 0.223 e. The average molecular weight is 462 g/mol. The predicted molar refractivity (Wildman–Crippen MR) is 128 cm³/mol. The first-order valence-corrected chi connectivity index (χ1v) is 10.9. The molecule has 11 nitrogen and oxygen atoms in total. The summed E-state index contributed by atoms with van der Waals surface area (Å²) in [7, 11) is 1.85. The molecule has 1 saturated heterocycles. The minimum Gasteiger partial charge on any atom is -0.437 e. The molecular weight excluding hydrogens is 434 g/mol. The zero-order chi connectivity index (χ0) is 23.9. The Bertz CT molecular complexity index is 1240.